The summed E-state index contributed by atoms with van der Waals surface area (Å²) in [7, 11) is -10.0. The first-order valence-electron chi connectivity index (χ1n) is 14.2. The number of phenols is 1. The van der Waals surface area contributed by atoms with Crippen molar-refractivity contribution in [3.63, 3.8) is 0 Å². The number of anilines is 4. The molecule has 3 aromatic carbocycles. The minimum absolute atomic E-state index is 0. The third-order valence-corrected chi connectivity index (χ3v) is 9.32. The molecule has 4 rings (SSSR count). The van der Waals surface area contributed by atoms with E-state index in [1.54, 1.807) is 7.05 Å². The Kier molecular flexibility index (Phi) is 19.0. The number of aromatic hydroxyl groups is 1. The molecule has 0 aliphatic rings. The van der Waals surface area contributed by atoms with Crippen molar-refractivity contribution in [2.24, 2.45) is 10.2 Å². The van der Waals surface area contributed by atoms with Crippen LogP contribution in [0.5, 0.6) is 5.75 Å². The molecule has 0 saturated heterocycles. The zero-order chi connectivity index (χ0) is 37.0. The predicted molar refractivity (Wildman–Crippen MR) is 177 cm³/mol. The molecule has 26 heteroatoms. The monoisotopic (exact) mass is 821 g/mol. The number of fused-ring (bicyclic) bond motifs is 1. The van der Waals surface area contributed by atoms with Crippen molar-refractivity contribution in [3.05, 3.63) is 48.0 Å². The van der Waals surface area contributed by atoms with Gasteiger partial charge in [-0.3, -0.25) is 0 Å². The van der Waals surface area contributed by atoms with E-state index >= 15 is 0 Å². The van der Waals surface area contributed by atoms with Crippen molar-refractivity contribution in [2.45, 2.75) is 16.3 Å². The summed E-state index contributed by atoms with van der Waals surface area (Å²) < 4.78 is 105. The van der Waals surface area contributed by atoms with Gasteiger partial charge in [0, 0.05) is 40.8 Å². The van der Waals surface area contributed by atoms with Crippen molar-refractivity contribution in [1.29, 1.82) is 0 Å². The standard InChI is InChI=1S/C27H33N9O11S3.3Na/c1-28-19-6-5-17-13-18(49(42,43)44)14-21(38)23(17)24(19)34-33-20-12-16(4-7-22(20)50(45,46)47)15-36(3)27-31-25(29-8-10-37)30-26(32-27)35(2)9-11-48(39,40)41;;;/h4-7,12-14,28,37-38H,8-11,15H2,1-3H3,(H,39,40,41)(H,42,43,44)(H,45,46,47)(H,29,30,31,32);;;/q;3*+1/p-3. The molecule has 20 nitrogen and oxygen atoms in total. The van der Waals surface area contributed by atoms with Crippen LogP contribution in [0.15, 0.2) is 62.5 Å². The van der Waals surface area contributed by atoms with Gasteiger partial charge < -0.3 is 44.3 Å². The molecule has 1 heterocycles. The van der Waals surface area contributed by atoms with Gasteiger partial charge in [-0.2, -0.15) is 15.0 Å². The maximum atomic E-state index is 12.2. The fourth-order valence-electron chi connectivity index (χ4n) is 4.54. The summed E-state index contributed by atoms with van der Waals surface area (Å²) in [5.74, 6) is -1.29. The maximum absolute atomic E-state index is 12.2. The predicted octanol–water partition coefficient (Wildman–Crippen LogP) is -7.97. The van der Waals surface area contributed by atoms with Gasteiger partial charge >= 0.3 is 88.7 Å². The second-order valence-electron chi connectivity index (χ2n) is 10.6. The molecule has 0 fully saturated rings. The molecule has 4 N–H and O–H groups in total. The first kappa shape index (κ1) is 49.2. The number of aliphatic hydroxyl groups excluding tert-OH is 1. The topological polar surface area (TPSA) is 306 Å². The van der Waals surface area contributed by atoms with Crippen LogP contribution in [0.4, 0.5) is 34.9 Å². The van der Waals surface area contributed by atoms with Crippen molar-refractivity contribution >= 4 is 76.0 Å². The summed E-state index contributed by atoms with van der Waals surface area (Å²) in [5, 5.41) is 33.7. The van der Waals surface area contributed by atoms with E-state index in [-0.39, 0.29) is 161 Å². The Hall–Kier alpha value is -1.78. The second-order valence-corrected chi connectivity index (χ2v) is 14.9. The Morgan fingerprint density at radius 3 is 2.04 bits per heavy atom. The molecular formula is C27H30N9Na3O11S3. The Morgan fingerprint density at radius 2 is 1.47 bits per heavy atom. The molecule has 53 heavy (non-hydrogen) atoms. The molecule has 0 unspecified atom stereocenters. The number of aliphatic hydroxyl groups is 1. The fraction of sp³-hybridized carbons (Fsp3) is 0.296. The van der Waals surface area contributed by atoms with Gasteiger partial charge in [-0.15, -0.1) is 10.2 Å². The minimum atomic E-state index is -5.09. The van der Waals surface area contributed by atoms with Crippen LogP contribution in [0.3, 0.4) is 0 Å². The third-order valence-electron chi connectivity index (χ3n) is 6.94. The van der Waals surface area contributed by atoms with Crippen molar-refractivity contribution in [3.8, 4) is 5.75 Å². The molecule has 0 amide bonds. The molecule has 0 radical (unpaired) electrons. The van der Waals surface area contributed by atoms with Gasteiger partial charge in [0.1, 0.15) is 37.4 Å². The van der Waals surface area contributed by atoms with Gasteiger partial charge in [0.05, 0.1) is 43.3 Å². The number of benzene rings is 3. The van der Waals surface area contributed by atoms with E-state index in [1.807, 2.05) is 0 Å². The van der Waals surface area contributed by atoms with Gasteiger partial charge in [-0.25, -0.2) is 25.3 Å². The van der Waals surface area contributed by atoms with E-state index in [0.29, 0.717) is 5.56 Å². The van der Waals surface area contributed by atoms with Crippen LogP contribution in [0.2, 0.25) is 0 Å². The molecule has 1 aromatic heterocycles. The molecule has 0 aliphatic heterocycles. The Balaban J connectivity index is 0.00000468. The molecule has 0 bridgehead atoms. The molecule has 270 valence electrons. The van der Waals surface area contributed by atoms with Gasteiger partial charge in [-0.05, 0) is 41.3 Å². The van der Waals surface area contributed by atoms with Gasteiger partial charge in [0.15, 0.2) is 0 Å². The maximum Gasteiger partial charge on any atom is 1.00 e. The summed E-state index contributed by atoms with van der Waals surface area (Å²) in [5.41, 5.74) is 0.198. The van der Waals surface area contributed by atoms with Crippen LogP contribution in [0, 0.1) is 0 Å². The average Bonchev–Trinajstić information content (AvgIpc) is 3.03. The summed E-state index contributed by atoms with van der Waals surface area (Å²) in [6.45, 7) is -0.458. The van der Waals surface area contributed by atoms with Crippen LogP contribution in [0.25, 0.3) is 10.8 Å². The molecule has 0 saturated carbocycles. The first-order chi connectivity index (χ1) is 23.3. The normalized spacial score (nSPS) is 11.7. The van der Waals surface area contributed by atoms with Crippen molar-refractivity contribution in [2.75, 3.05) is 67.0 Å². The largest absolute Gasteiger partial charge is 1.00 e. The van der Waals surface area contributed by atoms with Crippen LogP contribution in [0.1, 0.15) is 5.56 Å². The molecule has 0 spiro atoms. The summed E-state index contributed by atoms with van der Waals surface area (Å²) in [6, 6.07) is 8.27. The second kappa shape index (κ2) is 20.4. The van der Waals surface area contributed by atoms with Gasteiger partial charge in [0.2, 0.25) is 17.8 Å². The average molecular weight is 822 g/mol. The SMILES string of the molecule is CNc1ccc2cc(S(=O)(=O)[O-])cc(O)c2c1N=Nc1cc(CN(C)c2nc(NCCO)nc(N(C)CCS(=O)(=O)[O-])n2)ccc1S(=O)(=O)[O-].[Na+].[Na+].[Na+]. The minimum Gasteiger partial charge on any atom is -0.748 e. The number of nitrogens with one attached hydrogen (secondary N) is 2. The Labute approximate surface area is 372 Å². The number of nitrogens with zero attached hydrogens (tertiary/aromatic N) is 7. The Morgan fingerprint density at radius 1 is 0.830 bits per heavy atom. The number of aromatic nitrogens is 3. The van der Waals surface area contributed by atoms with Gasteiger partial charge in [0.25, 0.3) is 0 Å². The van der Waals surface area contributed by atoms with E-state index in [0.717, 1.165) is 18.2 Å². The summed E-state index contributed by atoms with van der Waals surface area (Å²) in [4.78, 5) is 14.2. The zero-order valence-electron chi connectivity index (χ0n) is 29.5. The summed E-state index contributed by atoms with van der Waals surface area (Å²) in [6.07, 6.45) is 0. The van der Waals surface area contributed by atoms with Crippen LogP contribution < -0.4 is 109 Å². The molecule has 4 aromatic rings. The number of phenolic OH excluding ortho intramolecular Hbond substituents is 1. The fourth-order valence-corrected chi connectivity index (χ4v) is 6.15. The molecule has 0 atom stereocenters. The van der Waals surface area contributed by atoms with E-state index in [4.69, 9.17) is 0 Å². The molecule has 0 aliphatic carbocycles. The summed E-state index contributed by atoms with van der Waals surface area (Å²) >= 11 is 0. The van der Waals surface area contributed by atoms with Gasteiger partial charge in [-0.1, -0.05) is 12.1 Å². The number of rotatable bonds is 15. The third kappa shape index (κ3) is 13.4. The van der Waals surface area contributed by atoms with Crippen LogP contribution in [-0.2, 0) is 36.9 Å². The number of azo groups is 1. The molecular weight excluding hydrogens is 792 g/mol. The quantitative estimate of drug-likeness (QED) is 0.0492. The van der Waals surface area contributed by atoms with Crippen LogP contribution >= 0.6 is 0 Å². The van der Waals surface area contributed by atoms with E-state index in [1.165, 1.54) is 48.2 Å². The smallest absolute Gasteiger partial charge is 0.748 e. The van der Waals surface area contributed by atoms with E-state index in [9.17, 15) is 49.1 Å². The van der Waals surface area contributed by atoms with Crippen molar-refractivity contribution in [1.82, 2.24) is 15.0 Å². The van der Waals surface area contributed by atoms with Crippen molar-refractivity contribution < 1.29 is 138 Å². The van der Waals surface area contributed by atoms with Crippen LogP contribution in [-0.4, -0.2) is 111 Å². The van der Waals surface area contributed by atoms with E-state index < -0.39 is 51.6 Å². The number of hydrogen-bond donors (Lipinski definition) is 4. The number of hydrogen-bond acceptors (Lipinski definition) is 20. The first-order valence-corrected chi connectivity index (χ1v) is 18.6. The Bertz CT molecular complexity index is 2290. The zero-order valence-corrected chi connectivity index (χ0v) is 38.0. The van der Waals surface area contributed by atoms with E-state index in [2.05, 4.69) is 35.8 Å².